The third-order valence-electron chi connectivity index (χ3n) is 4.52. The summed E-state index contributed by atoms with van der Waals surface area (Å²) >= 11 is 6.21. The molecule has 24 heavy (non-hydrogen) atoms. The monoisotopic (exact) mass is 374 g/mol. The number of nitrogens with zero attached hydrogens (tertiary/aromatic N) is 2. The fourth-order valence-corrected chi connectivity index (χ4v) is 5.05. The molecule has 0 bridgehead atoms. The second-order valence-electron chi connectivity index (χ2n) is 6.48. The molecule has 1 fully saturated rings. The summed E-state index contributed by atoms with van der Waals surface area (Å²) in [6.45, 7) is 3.30. The molecular weight excluding hydrogens is 352 g/mol. The Labute approximate surface area is 148 Å². The Morgan fingerprint density at radius 2 is 1.96 bits per heavy atom. The van der Waals surface area contributed by atoms with Gasteiger partial charge in [-0.25, -0.2) is 12.7 Å². The minimum Gasteiger partial charge on any atom is -0.486 e. The molecule has 3 rings (SSSR count). The molecule has 6 nitrogen and oxygen atoms in total. The van der Waals surface area contributed by atoms with Crippen LogP contribution in [0.4, 0.5) is 0 Å². The number of sulfonamides is 1. The van der Waals surface area contributed by atoms with Gasteiger partial charge in [-0.1, -0.05) is 11.6 Å². The molecule has 8 heteroatoms. The highest BCUT2D eigenvalue weighted by Crippen LogP contribution is 2.38. The van der Waals surface area contributed by atoms with Gasteiger partial charge in [-0.2, -0.15) is 0 Å². The Hall–Kier alpha value is -1.02. The summed E-state index contributed by atoms with van der Waals surface area (Å²) in [5.41, 5.74) is 0. The van der Waals surface area contributed by atoms with E-state index in [1.807, 2.05) is 0 Å². The molecule has 0 aromatic heterocycles. The van der Waals surface area contributed by atoms with Crippen LogP contribution in [-0.2, 0) is 10.0 Å². The predicted octanol–water partition coefficient (Wildman–Crippen LogP) is 2.07. The number of fused-ring (bicyclic) bond motifs is 1. The molecule has 0 aliphatic carbocycles. The van der Waals surface area contributed by atoms with Crippen LogP contribution < -0.4 is 9.47 Å². The molecule has 1 unspecified atom stereocenters. The Morgan fingerprint density at radius 1 is 1.29 bits per heavy atom. The second-order valence-corrected chi connectivity index (χ2v) is 8.90. The highest BCUT2D eigenvalue weighted by molar-refractivity contribution is 7.89. The van der Waals surface area contributed by atoms with Crippen LogP contribution in [0.5, 0.6) is 11.5 Å². The van der Waals surface area contributed by atoms with Crippen molar-refractivity contribution in [3.63, 3.8) is 0 Å². The van der Waals surface area contributed by atoms with Crippen molar-refractivity contribution in [1.29, 1.82) is 0 Å². The summed E-state index contributed by atoms with van der Waals surface area (Å²) in [5, 5.41) is 0.159. The number of likely N-dealkylation sites (tertiary alicyclic amines) is 1. The normalized spacial score (nSPS) is 21.9. The van der Waals surface area contributed by atoms with E-state index >= 15 is 0 Å². The lowest BCUT2D eigenvalue weighted by atomic mass is 9.99. The zero-order valence-electron chi connectivity index (χ0n) is 14.0. The smallest absolute Gasteiger partial charge is 0.244 e. The van der Waals surface area contributed by atoms with Gasteiger partial charge in [-0.05, 0) is 32.4 Å². The molecule has 1 aromatic carbocycles. The van der Waals surface area contributed by atoms with E-state index in [0.717, 1.165) is 25.9 Å². The first kappa shape index (κ1) is 17.8. The zero-order chi connectivity index (χ0) is 17.3. The highest BCUT2D eigenvalue weighted by Gasteiger charge is 2.29. The third-order valence-corrected chi connectivity index (χ3v) is 6.81. The molecule has 2 aliphatic heterocycles. The maximum absolute atomic E-state index is 12.9. The topological polar surface area (TPSA) is 59.1 Å². The van der Waals surface area contributed by atoms with Crippen molar-refractivity contribution in [2.45, 2.75) is 17.7 Å². The minimum absolute atomic E-state index is 0.0695. The molecule has 2 heterocycles. The summed E-state index contributed by atoms with van der Waals surface area (Å²) in [6.07, 6.45) is 2.14. The summed E-state index contributed by atoms with van der Waals surface area (Å²) in [5.74, 6) is 1.25. The maximum Gasteiger partial charge on any atom is 0.244 e. The third kappa shape index (κ3) is 3.64. The van der Waals surface area contributed by atoms with Gasteiger partial charge in [0.15, 0.2) is 11.5 Å². The number of hydrogen-bond acceptors (Lipinski definition) is 5. The number of piperidine rings is 1. The van der Waals surface area contributed by atoms with Crippen molar-refractivity contribution in [2.75, 3.05) is 46.9 Å². The van der Waals surface area contributed by atoms with Gasteiger partial charge in [0.1, 0.15) is 18.1 Å². The van der Waals surface area contributed by atoms with E-state index in [2.05, 4.69) is 11.9 Å². The van der Waals surface area contributed by atoms with Crippen molar-refractivity contribution in [3.8, 4) is 11.5 Å². The Bertz CT molecular complexity index is 710. The van der Waals surface area contributed by atoms with E-state index < -0.39 is 10.0 Å². The molecule has 0 N–H and O–H groups in total. The van der Waals surface area contributed by atoms with E-state index in [9.17, 15) is 8.42 Å². The molecular formula is C16H23ClN2O4S. The first-order chi connectivity index (χ1) is 11.4. The van der Waals surface area contributed by atoms with Gasteiger partial charge in [0, 0.05) is 32.3 Å². The van der Waals surface area contributed by atoms with Gasteiger partial charge >= 0.3 is 0 Å². The fourth-order valence-electron chi connectivity index (χ4n) is 3.29. The molecule has 2 aliphatic rings. The Morgan fingerprint density at radius 3 is 2.62 bits per heavy atom. The average Bonchev–Trinajstić information content (AvgIpc) is 2.54. The molecule has 1 saturated heterocycles. The van der Waals surface area contributed by atoms with E-state index in [1.165, 1.54) is 16.4 Å². The molecule has 0 saturated carbocycles. The van der Waals surface area contributed by atoms with Crippen molar-refractivity contribution >= 4 is 21.6 Å². The summed E-state index contributed by atoms with van der Waals surface area (Å²) < 4.78 is 38.2. The van der Waals surface area contributed by atoms with Gasteiger partial charge in [0.25, 0.3) is 0 Å². The summed E-state index contributed by atoms with van der Waals surface area (Å²) in [6, 6.07) is 2.99. The van der Waals surface area contributed by atoms with Crippen molar-refractivity contribution < 1.29 is 17.9 Å². The molecule has 0 radical (unpaired) electrons. The van der Waals surface area contributed by atoms with Gasteiger partial charge in [0.2, 0.25) is 10.0 Å². The van der Waals surface area contributed by atoms with Crippen LogP contribution in [0.3, 0.4) is 0 Å². The summed E-state index contributed by atoms with van der Waals surface area (Å²) in [4.78, 5) is 2.31. The standard InChI is InChI=1S/C16H23ClN2O4S/c1-18-5-3-4-12(10-18)11-19(2)24(20,21)16-9-15-14(8-13(16)17)22-6-7-23-15/h8-9,12H,3-7,10-11H2,1-2H3. The van der Waals surface area contributed by atoms with Gasteiger partial charge in [0.05, 0.1) is 5.02 Å². The predicted molar refractivity (Wildman–Crippen MR) is 92.5 cm³/mol. The lowest BCUT2D eigenvalue weighted by Gasteiger charge is -2.32. The largest absolute Gasteiger partial charge is 0.486 e. The quantitative estimate of drug-likeness (QED) is 0.807. The van der Waals surface area contributed by atoms with Crippen molar-refractivity contribution in [1.82, 2.24) is 9.21 Å². The van der Waals surface area contributed by atoms with E-state index in [0.29, 0.717) is 37.2 Å². The number of halogens is 1. The van der Waals surface area contributed by atoms with Crippen LogP contribution >= 0.6 is 11.6 Å². The zero-order valence-corrected chi connectivity index (χ0v) is 15.6. The van der Waals surface area contributed by atoms with E-state index in [1.54, 1.807) is 7.05 Å². The molecule has 0 spiro atoms. The van der Waals surface area contributed by atoms with Crippen LogP contribution in [0.1, 0.15) is 12.8 Å². The van der Waals surface area contributed by atoms with Crippen LogP contribution in [-0.4, -0.2) is 64.6 Å². The average molecular weight is 375 g/mol. The summed E-state index contributed by atoms with van der Waals surface area (Å²) in [7, 11) is 0.00333. The van der Waals surface area contributed by atoms with Gasteiger partial charge in [-0.15, -0.1) is 0 Å². The molecule has 0 amide bonds. The number of hydrogen-bond donors (Lipinski definition) is 0. The number of ether oxygens (including phenoxy) is 2. The van der Waals surface area contributed by atoms with Crippen molar-refractivity contribution in [2.24, 2.45) is 5.92 Å². The first-order valence-corrected chi connectivity index (χ1v) is 9.94. The molecule has 1 atom stereocenters. The van der Waals surface area contributed by atoms with Crippen molar-refractivity contribution in [3.05, 3.63) is 17.2 Å². The Kier molecular flexibility index (Phi) is 5.24. The van der Waals surface area contributed by atoms with E-state index in [-0.39, 0.29) is 9.92 Å². The highest BCUT2D eigenvalue weighted by atomic mass is 35.5. The number of benzene rings is 1. The second kappa shape index (κ2) is 7.07. The molecule has 1 aromatic rings. The van der Waals surface area contributed by atoms with Crippen LogP contribution in [0.25, 0.3) is 0 Å². The van der Waals surface area contributed by atoms with E-state index in [4.69, 9.17) is 21.1 Å². The van der Waals surface area contributed by atoms with Crippen LogP contribution in [0, 0.1) is 5.92 Å². The van der Waals surface area contributed by atoms with Crippen LogP contribution in [0.15, 0.2) is 17.0 Å². The Balaban J connectivity index is 1.81. The molecule has 134 valence electrons. The first-order valence-electron chi connectivity index (χ1n) is 8.12. The van der Waals surface area contributed by atoms with Gasteiger partial charge in [-0.3, -0.25) is 0 Å². The fraction of sp³-hybridized carbons (Fsp3) is 0.625. The SMILES string of the molecule is CN1CCCC(CN(C)S(=O)(=O)c2cc3c(cc2Cl)OCCO3)C1. The van der Waals surface area contributed by atoms with Gasteiger partial charge < -0.3 is 14.4 Å². The lowest BCUT2D eigenvalue weighted by Crippen LogP contribution is -2.40. The lowest BCUT2D eigenvalue weighted by molar-refractivity contribution is 0.171. The maximum atomic E-state index is 12.9. The van der Waals surface area contributed by atoms with Crippen LogP contribution in [0.2, 0.25) is 5.02 Å². The minimum atomic E-state index is -3.67. The number of rotatable bonds is 4.